The van der Waals surface area contributed by atoms with Gasteiger partial charge in [-0.3, -0.25) is 10.1 Å². The third kappa shape index (κ3) is 4.54. The van der Waals surface area contributed by atoms with Gasteiger partial charge in [0.2, 0.25) is 11.8 Å². The van der Waals surface area contributed by atoms with Crippen molar-refractivity contribution in [3.63, 3.8) is 0 Å². The van der Waals surface area contributed by atoms with Crippen molar-refractivity contribution in [1.29, 1.82) is 0 Å². The zero-order valence-electron chi connectivity index (χ0n) is 14.5. The van der Waals surface area contributed by atoms with Gasteiger partial charge in [-0.1, -0.05) is 65.8 Å². The van der Waals surface area contributed by atoms with Crippen molar-refractivity contribution in [2.24, 2.45) is 0 Å². The molecule has 0 bridgehead atoms. The topological polar surface area (TPSA) is 68.0 Å². The van der Waals surface area contributed by atoms with Crippen LogP contribution in [0.15, 0.2) is 82.1 Å². The summed E-state index contributed by atoms with van der Waals surface area (Å²) in [6, 6.07) is 24.2. The number of nitrogens with one attached hydrogen (secondary N) is 1. The molecule has 0 spiro atoms. The molecular formula is C21H17N3O2S. The van der Waals surface area contributed by atoms with Gasteiger partial charge in [0, 0.05) is 4.90 Å². The first-order valence-corrected chi connectivity index (χ1v) is 9.52. The van der Waals surface area contributed by atoms with Crippen LogP contribution in [0.3, 0.4) is 0 Å². The fourth-order valence-corrected chi connectivity index (χ4v) is 3.48. The van der Waals surface area contributed by atoms with Crippen molar-refractivity contribution >= 4 is 34.5 Å². The monoisotopic (exact) mass is 375 g/mol. The second-order valence-electron chi connectivity index (χ2n) is 6.01. The van der Waals surface area contributed by atoms with Crippen LogP contribution >= 0.6 is 11.8 Å². The molecule has 0 saturated carbocycles. The van der Waals surface area contributed by atoms with Crippen LogP contribution < -0.4 is 5.32 Å². The van der Waals surface area contributed by atoms with E-state index in [-0.39, 0.29) is 18.3 Å². The molecule has 4 aromatic rings. The molecule has 1 heterocycles. The predicted octanol–water partition coefficient (Wildman–Crippen LogP) is 4.70. The summed E-state index contributed by atoms with van der Waals surface area (Å²) in [7, 11) is 0. The van der Waals surface area contributed by atoms with Crippen LogP contribution in [-0.2, 0) is 17.0 Å². The highest BCUT2D eigenvalue weighted by Gasteiger charge is 2.11. The molecule has 0 aliphatic carbocycles. The van der Waals surface area contributed by atoms with E-state index in [1.807, 2.05) is 72.8 Å². The van der Waals surface area contributed by atoms with Crippen molar-refractivity contribution in [2.45, 2.75) is 17.1 Å². The highest BCUT2D eigenvalue weighted by atomic mass is 32.2. The number of hydrogen-bond donors (Lipinski definition) is 1. The smallest absolute Gasteiger partial charge is 0.322 e. The van der Waals surface area contributed by atoms with Gasteiger partial charge in [0.25, 0.3) is 0 Å². The molecular weight excluding hydrogens is 358 g/mol. The van der Waals surface area contributed by atoms with E-state index in [0.717, 1.165) is 21.2 Å². The molecule has 0 aliphatic rings. The first-order valence-electron chi connectivity index (χ1n) is 8.54. The number of hydrogen-bond acceptors (Lipinski definition) is 5. The molecule has 4 rings (SSSR count). The Bertz CT molecular complexity index is 1060. The van der Waals surface area contributed by atoms with Gasteiger partial charge in [-0.2, -0.15) is 0 Å². The van der Waals surface area contributed by atoms with Gasteiger partial charge in [0.05, 0.1) is 12.2 Å². The van der Waals surface area contributed by atoms with Crippen LogP contribution in [0.1, 0.15) is 11.5 Å². The van der Waals surface area contributed by atoms with E-state index in [9.17, 15) is 4.79 Å². The van der Waals surface area contributed by atoms with Crippen molar-refractivity contribution in [3.8, 4) is 0 Å². The van der Waals surface area contributed by atoms with Crippen LogP contribution in [-0.4, -0.2) is 16.1 Å². The predicted molar refractivity (Wildman–Crippen MR) is 107 cm³/mol. The van der Waals surface area contributed by atoms with Gasteiger partial charge in [-0.15, -0.1) is 16.9 Å². The number of rotatable bonds is 6. The summed E-state index contributed by atoms with van der Waals surface area (Å²) in [6.07, 6.45) is 0.251. The van der Waals surface area contributed by atoms with Crippen LogP contribution in [0.2, 0.25) is 0 Å². The molecule has 0 atom stereocenters. The Kier molecular flexibility index (Phi) is 5.16. The molecule has 0 unspecified atom stereocenters. The van der Waals surface area contributed by atoms with E-state index < -0.39 is 0 Å². The number of aromatic nitrogens is 2. The maximum absolute atomic E-state index is 12.3. The average molecular weight is 375 g/mol. The maximum Gasteiger partial charge on any atom is 0.322 e. The highest BCUT2D eigenvalue weighted by Crippen LogP contribution is 2.22. The Labute approximate surface area is 160 Å². The third-order valence-corrected chi connectivity index (χ3v) is 4.99. The molecule has 0 aliphatic heterocycles. The minimum atomic E-state index is -0.184. The van der Waals surface area contributed by atoms with E-state index in [4.69, 9.17) is 4.42 Å². The highest BCUT2D eigenvalue weighted by molar-refractivity contribution is 7.98. The third-order valence-electron chi connectivity index (χ3n) is 4.00. The normalized spacial score (nSPS) is 10.8. The SMILES string of the molecule is O=C(Cc1ccc2ccccc2c1)Nc1nnc(CSc2ccccc2)o1. The summed E-state index contributed by atoms with van der Waals surface area (Å²) in [4.78, 5) is 13.4. The van der Waals surface area contributed by atoms with Gasteiger partial charge in [-0.05, 0) is 28.5 Å². The number of anilines is 1. The molecule has 6 heteroatoms. The number of carbonyl (C=O) groups is 1. The lowest BCUT2D eigenvalue weighted by atomic mass is 10.1. The van der Waals surface area contributed by atoms with Crippen LogP contribution in [0.4, 0.5) is 6.01 Å². The molecule has 134 valence electrons. The standard InChI is InChI=1S/C21H17N3O2S/c25-19(13-15-10-11-16-6-4-5-7-17(16)12-15)22-21-24-23-20(26-21)14-27-18-8-2-1-3-9-18/h1-12H,13-14H2,(H,22,24,25). The lowest BCUT2D eigenvalue weighted by Crippen LogP contribution is -2.14. The number of fused-ring (bicyclic) bond motifs is 1. The Morgan fingerprint density at radius 2 is 1.70 bits per heavy atom. The Morgan fingerprint density at radius 1 is 0.926 bits per heavy atom. The van der Waals surface area contributed by atoms with Crippen molar-refractivity contribution in [3.05, 3.63) is 84.3 Å². The fourth-order valence-electron chi connectivity index (χ4n) is 2.72. The Hall–Kier alpha value is -3.12. The first kappa shape index (κ1) is 17.3. The summed E-state index contributed by atoms with van der Waals surface area (Å²) in [5, 5.41) is 12.8. The molecule has 0 saturated heterocycles. The Balaban J connectivity index is 1.34. The van der Waals surface area contributed by atoms with Crippen molar-refractivity contribution in [2.75, 3.05) is 5.32 Å². The fraction of sp³-hybridized carbons (Fsp3) is 0.0952. The number of amides is 1. The molecule has 0 fully saturated rings. The lowest BCUT2D eigenvalue weighted by molar-refractivity contribution is -0.115. The second-order valence-corrected chi connectivity index (χ2v) is 7.06. The summed E-state index contributed by atoms with van der Waals surface area (Å²) in [5.41, 5.74) is 0.936. The molecule has 1 aromatic heterocycles. The molecule has 1 amide bonds. The quantitative estimate of drug-likeness (QED) is 0.495. The minimum absolute atomic E-state index is 0.129. The summed E-state index contributed by atoms with van der Waals surface area (Å²) >= 11 is 1.60. The number of nitrogens with zero attached hydrogens (tertiary/aromatic N) is 2. The summed E-state index contributed by atoms with van der Waals surface area (Å²) in [6.45, 7) is 0. The summed E-state index contributed by atoms with van der Waals surface area (Å²) in [5.74, 6) is 0.846. The van der Waals surface area contributed by atoms with Gasteiger partial charge in [0.1, 0.15) is 0 Å². The molecule has 1 N–H and O–H groups in total. The molecule has 0 radical (unpaired) electrons. The second kappa shape index (κ2) is 8.05. The largest absolute Gasteiger partial charge is 0.407 e. The minimum Gasteiger partial charge on any atom is -0.407 e. The molecule has 3 aromatic carbocycles. The number of carbonyl (C=O) groups excluding carboxylic acids is 1. The van der Waals surface area contributed by atoms with E-state index in [1.54, 1.807) is 11.8 Å². The van der Waals surface area contributed by atoms with Gasteiger partial charge >= 0.3 is 6.01 Å². The van der Waals surface area contributed by atoms with Crippen LogP contribution in [0.25, 0.3) is 10.8 Å². The van der Waals surface area contributed by atoms with E-state index >= 15 is 0 Å². The number of benzene rings is 3. The summed E-state index contributed by atoms with van der Waals surface area (Å²) < 4.78 is 5.51. The maximum atomic E-state index is 12.3. The van der Waals surface area contributed by atoms with Gasteiger partial charge < -0.3 is 4.42 Å². The number of thioether (sulfide) groups is 1. The van der Waals surface area contributed by atoms with Crippen molar-refractivity contribution in [1.82, 2.24) is 10.2 Å². The average Bonchev–Trinajstić information content (AvgIpc) is 3.14. The molecule has 27 heavy (non-hydrogen) atoms. The van der Waals surface area contributed by atoms with E-state index in [0.29, 0.717) is 11.6 Å². The molecule has 5 nitrogen and oxygen atoms in total. The van der Waals surface area contributed by atoms with Gasteiger partial charge in [0.15, 0.2) is 0 Å². The first-order chi connectivity index (χ1) is 13.3. The van der Waals surface area contributed by atoms with E-state index in [2.05, 4.69) is 15.5 Å². The lowest BCUT2D eigenvalue weighted by Gasteiger charge is -2.03. The van der Waals surface area contributed by atoms with E-state index in [1.165, 1.54) is 0 Å². The zero-order valence-corrected chi connectivity index (χ0v) is 15.3. The van der Waals surface area contributed by atoms with Gasteiger partial charge in [-0.25, -0.2) is 0 Å². The van der Waals surface area contributed by atoms with Crippen molar-refractivity contribution < 1.29 is 9.21 Å². The Morgan fingerprint density at radius 3 is 2.56 bits per heavy atom. The van der Waals surface area contributed by atoms with Crippen LogP contribution in [0.5, 0.6) is 0 Å². The van der Waals surface area contributed by atoms with Crippen LogP contribution in [0, 0.1) is 0 Å². The zero-order chi connectivity index (χ0) is 18.5.